The molecule has 4 bridgehead atoms. The monoisotopic (exact) mass is 783 g/mol. The summed E-state index contributed by atoms with van der Waals surface area (Å²) in [5, 5.41) is 22.5. The third-order valence-corrected chi connectivity index (χ3v) is 9.69. The van der Waals surface area contributed by atoms with Gasteiger partial charge in [0.05, 0.1) is 17.2 Å². The summed E-state index contributed by atoms with van der Waals surface area (Å²) in [6.07, 6.45) is -13.6. The third kappa shape index (κ3) is 8.38. The Morgan fingerprint density at radius 1 is 0.909 bits per heavy atom. The number of carbonyl (C=O) groups excluding carboxylic acids is 1. The maximum Gasteiger partial charge on any atom is 0.416 e. The SMILES string of the molecule is Cc1cc2cc(c1F)[C@H](CC(O)O)NC(=O)[C@H](n1cc(CCN3CC(F)C3)c(C(F)(F)F)cc1=O)c1cc(ccc1F)COc1cc(C(F)(F)F)cc(C)c1-2. The second-order valence-electron chi connectivity index (χ2n) is 13.7. The summed E-state index contributed by atoms with van der Waals surface area (Å²) < 4.78 is 136. The molecule has 1 fully saturated rings. The molecule has 2 atom stereocenters. The van der Waals surface area contributed by atoms with Crippen LogP contribution in [0, 0.1) is 25.5 Å². The predicted molar refractivity (Wildman–Crippen MR) is 180 cm³/mol. The van der Waals surface area contributed by atoms with Crippen molar-refractivity contribution in [1.29, 1.82) is 0 Å². The van der Waals surface area contributed by atoms with Gasteiger partial charge in [0.1, 0.15) is 36.2 Å². The molecule has 4 aromatic rings. The molecule has 55 heavy (non-hydrogen) atoms. The van der Waals surface area contributed by atoms with E-state index in [4.69, 9.17) is 4.74 Å². The van der Waals surface area contributed by atoms with Crippen molar-refractivity contribution in [1.82, 2.24) is 14.8 Å². The summed E-state index contributed by atoms with van der Waals surface area (Å²) in [6.45, 7) is 2.06. The number of fused-ring (bicyclic) bond motifs is 6. The first-order chi connectivity index (χ1) is 25.7. The maximum atomic E-state index is 16.0. The summed E-state index contributed by atoms with van der Waals surface area (Å²) in [7, 11) is 0. The number of benzene rings is 3. The van der Waals surface area contributed by atoms with Gasteiger partial charge < -0.3 is 20.3 Å². The van der Waals surface area contributed by atoms with E-state index in [1.807, 2.05) is 0 Å². The van der Waals surface area contributed by atoms with Crippen LogP contribution in [-0.4, -0.2) is 57.7 Å². The molecule has 17 heteroatoms. The van der Waals surface area contributed by atoms with Gasteiger partial charge in [-0.1, -0.05) is 6.07 Å². The second-order valence-corrected chi connectivity index (χ2v) is 13.7. The predicted octanol–water partition coefficient (Wildman–Crippen LogP) is 6.68. The van der Waals surface area contributed by atoms with Crippen LogP contribution in [0.3, 0.4) is 0 Å². The fraction of sp³-hybridized carbons (Fsp3) is 0.368. The molecule has 1 aromatic heterocycles. The number of likely N-dealkylation sites (tertiary alicyclic amines) is 1. The minimum atomic E-state index is -5.04. The number of hydrogen-bond donors (Lipinski definition) is 3. The minimum Gasteiger partial charge on any atom is -0.488 e. The van der Waals surface area contributed by atoms with Gasteiger partial charge in [-0.05, 0) is 84.5 Å². The number of ether oxygens (including phenoxy) is 1. The van der Waals surface area contributed by atoms with Crippen LogP contribution < -0.4 is 15.6 Å². The number of aliphatic hydroxyl groups excluding tert-OH is 1. The molecule has 0 radical (unpaired) electrons. The molecule has 3 N–H and O–H groups in total. The Morgan fingerprint density at radius 2 is 1.62 bits per heavy atom. The van der Waals surface area contributed by atoms with Crippen molar-refractivity contribution in [3.8, 4) is 16.9 Å². The highest BCUT2D eigenvalue weighted by molar-refractivity contribution is 5.84. The molecule has 0 saturated carbocycles. The second kappa shape index (κ2) is 15.0. The van der Waals surface area contributed by atoms with Crippen LogP contribution in [0.5, 0.6) is 5.75 Å². The number of aryl methyl sites for hydroxylation is 2. The van der Waals surface area contributed by atoms with Crippen molar-refractivity contribution < 1.29 is 59.3 Å². The van der Waals surface area contributed by atoms with Gasteiger partial charge in [0.25, 0.3) is 5.56 Å². The van der Waals surface area contributed by atoms with Crippen LogP contribution in [-0.2, 0) is 30.2 Å². The molecular weight excluding hydrogens is 749 g/mol. The molecule has 3 aromatic carbocycles. The number of aliphatic hydroxyl groups is 2. The number of pyridine rings is 1. The van der Waals surface area contributed by atoms with Gasteiger partial charge in [-0.15, -0.1) is 0 Å². The smallest absolute Gasteiger partial charge is 0.416 e. The lowest BCUT2D eigenvalue weighted by atomic mass is 9.90. The fourth-order valence-corrected chi connectivity index (χ4v) is 7.02. The number of halogens is 9. The van der Waals surface area contributed by atoms with Gasteiger partial charge in [0.2, 0.25) is 5.91 Å². The number of nitrogens with zero attached hydrogens (tertiary/aromatic N) is 2. The lowest BCUT2D eigenvalue weighted by Gasteiger charge is -2.34. The van der Waals surface area contributed by atoms with Crippen LogP contribution in [0.4, 0.5) is 39.5 Å². The van der Waals surface area contributed by atoms with Crippen molar-refractivity contribution in [3.63, 3.8) is 0 Å². The van der Waals surface area contributed by atoms with Crippen molar-refractivity contribution in [2.75, 3.05) is 19.6 Å². The number of rotatable bonds is 6. The molecule has 6 rings (SSSR count). The molecule has 8 nitrogen and oxygen atoms in total. The number of carbonyl (C=O) groups is 1. The van der Waals surface area contributed by atoms with Gasteiger partial charge in [0, 0.05) is 55.0 Å². The van der Waals surface area contributed by atoms with E-state index in [1.165, 1.54) is 36.9 Å². The van der Waals surface area contributed by atoms with E-state index < -0.39 is 95.3 Å². The molecule has 2 aliphatic heterocycles. The van der Waals surface area contributed by atoms with Crippen molar-refractivity contribution >= 4 is 5.91 Å². The zero-order chi connectivity index (χ0) is 40.1. The Bertz CT molecular complexity index is 2180. The van der Waals surface area contributed by atoms with Crippen LogP contribution >= 0.6 is 0 Å². The lowest BCUT2D eigenvalue weighted by Crippen LogP contribution is -2.49. The van der Waals surface area contributed by atoms with Crippen LogP contribution in [0.1, 0.15) is 63.0 Å². The highest BCUT2D eigenvalue weighted by Gasteiger charge is 2.38. The summed E-state index contributed by atoms with van der Waals surface area (Å²) >= 11 is 0. The molecule has 2 aliphatic rings. The van der Waals surface area contributed by atoms with Gasteiger partial charge in [-0.2, -0.15) is 26.3 Å². The molecule has 3 heterocycles. The van der Waals surface area contributed by atoms with E-state index in [2.05, 4.69) is 5.32 Å². The third-order valence-electron chi connectivity index (χ3n) is 9.69. The molecule has 0 spiro atoms. The highest BCUT2D eigenvalue weighted by atomic mass is 19.4. The first kappa shape index (κ1) is 39.8. The van der Waals surface area contributed by atoms with E-state index in [-0.39, 0.29) is 71.3 Å². The van der Waals surface area contributed by atoms with Crippen LogP contribution in [0.15, 0.2) is 59.5 Å². The average Bonchev–Trinajstić information content (AvgIpc) is 3.06. The number of hydrogen-bond acceptors (Lipinski definition) is 6. The van der Waals surface area contributed by atoms with E-state index in [9.17, 15) is 50.5 Å². The maximum absolute atomic E-state index is 16.0. The number of amides is 1. The lowest BCUT2D eigenvalue weighted by molar-refractivity contribution is -0.139. The van der Waals surface area contributed by atoms with Crippen molar-refractivity contribution in [3.05, 3.63) is 121 Å². The van der Waals surface area contributed by atoms with E-state index in [1.54, 1.807) is 0 Å². The van der Waals surface area contributed by atoms with Gasteiger partial charge in [-0.25, -0.2) is 13.2 Å². The molecular formula is C38H34F9N3O5. The normalized spacial score (nSPS) is 18.3. The van der Waals surface area contributed by atoms with E-state index in [0.717, 1.165) is 30.5 Å². The van der Waals surface area contributed by atoms with Gasteiger partial charge in [-0.3, -0.25) is 19.1 Å². The Balaban J connectivity index is 1.58. The van der Waals surface area contributed by atoms with Gasteiger partial charge >= 0.3 is 12.4 Å². The number of nitrogens with one attached hydrogen (secondary N) is 1. The van der Waals surface area contributed by atoms with Gasteiger partial charge in [0.15, 0.2) is 6.29 Å². The first-order valence-electron chi connectivity index (χ1n) is 17.0. The molecule has 294 valence electrons. The van der Waals surface area contributed by atoms with E-state index in [0.29, 0.717) is 4.57 Å². The van der Waals surface area contributed by atoms with Crippen molar-refractivity contribution in [2.24, 2.45) is 0 Å². The van der Waals surface area contributed by atoms with Crippen LogP contribution in [0.25, 0.3) is 11.1 Å². The fourth-order valence-electron chi connectivity index (χ4n) is 7.02. The number of alkyl halides is 7. The Hall–Kier alpha value is -4.87. The molecule has 0 aliphatic carbocycles. The van der Waals surface area contributed by atoms with Crippen LogP contribution in [0.2, 0.25) is 0 Å². The van der Waals surface area contributed by atoms with Crippen molar-refractivity contribution in [2.45, 2.75) is 70.2 Å². The van der Waals surface area contributed by atoms with E-state index >= 15 is 8.78 Å². The Labute approximate surface area is 307 Å². The molecule has 1 saturated heterocycles. The Kier molecular flexibility index (Phi) is 10.9. The topological polar surface area (TPSA) is 104 Å². The highest BCUT2D eigenvalue weighted by Crippen LogP contribution is 2.42. The summed E-state index contributed by atoms with van der Waals surface area (Å²) in [5.41, 5.74) is -4.96. The molecule has 1 amide bonds. The average molecular weight is 784 g/mol. The number of aromatic nitrogens is 1. The molecule has 0 unspecified atom stereocenters. The largest absolute Gasteiger partial charge is 0.488 e. The zero-order valence-corrected chi connectivity index (χ0v) is 29.2. The minimum absolute atomic E-state index is 0.0248. The zero-order valence-electron chi connectivity index (χ0n) is 29.2. The first-order valence-corrected chi connectivity index (χ1v) is 17.0. The standard InChI is InChI=1S/C38H34F9N3O5/c1-18-8-23(37(42,43)44)11-30-33(18)22-7-19(2)34(41)26(10-22)29(13-32(52)53)48-36(54)35(25-9-20(17-55-30)3-4-28(25)40)50-14-21(5-6-49-15-24(39)16-49)27(12-31(50)51)38(45,46)47/h3-4,7-12,14,24,29,32,35,52-53H,5-6,13,15-17H2,1-2H3,(H,48,54)/t29-,35+/m0/s1. The Morgan fingerprint density at radius 3 is 2.25 bits per heavy atom. The summed E-state index contributed by atoms with van der Waals surface area (Å²) in [4.78, 5) is 29.5. The summed E-state index contributed by atoms with van der Waals surface area (Å²) in [6, 6.07) is 3.66. The quantitative estimate of drug-likeness (QED) is 0.149. The summed E-state index contributed by atoms with van der Waals surface area (Å²) in [5.74, 6) is -3.66.